The van der Waals surface area contributed by atoms with Gasteiger partial charge < -0.3 is 19.9 Å². The molecule has 7 nitrogen and oxygen atoms in total. The third kappa shape index (κ3) is 6.44. The minimum Gasteiger partial charge on any atom is -0.496 e. The maximum atomic E-state index is 12.6. The van der Waals surface area contributed by atoms with Crippen molar-refractivity contribution in [2.45, 2.75) is 27.2 Å². The monoisotopic (exact) mass is 468 g/mol. The molecular formula is C25H32N4O3S. The van der Waals surface area contributed by atoms with Gasteiger partial charge in [0.2, 0.25) is 5.91 Å². The molecule has 0 aromatic heterocycles. The quantitative estimate of drug-likeness (QED) is 0.628. The van der Waals surface area contributed by atoms with Crippen LogP contribution in [0.15, 0.2) is 42.5 Å². The van der Waals surface area contributed by atoms with Crippen LogP contribution < -0.4 is 20.3 Å². The fourth-order valence-corrected chi connectivity index (χ4v) is 4.09. The Morgan fingerprint density at radius 3 is 2.33 bits per heavy atom. The van der Waals surface area contributed by atoms with Gasteiger partial charge in [-0.1, -0.05) is 26.0 Å². The summed E-state index contributed by atoms with van der Waals surface area (Å²) in [5, 5.41) is 5.98. The molecule has 1 heterocycles. The number of nitrogens with zero attached hydrogens (tertiary/aromatic N) is 2. The SMILES string of the molecule is COc1c(C)cccc1C(=O)NC(=S)Nc1ccc(N2CCN(C(=O)CC(C)C)CC2)cc1. The molecule has 0 spiro atoms. The van der Waals surface area contributed by atoms with Crippen molar-refractivity contribution in [3.05, 3.63) is 53.6 Å². The van der Waals surface area contributed by atoms with E-state index in [2.05, 4.69) is 29.4 Å². The summed E-state index contributed by atoms with van der Waals surface area (Å²) in [6.45, 7) is 9.12. The van der Waals surface area contributed by atoms with Crippen LogP contribution in [0.2, 0.25) is 0 Å². The van der Waals surface area contributed by atoms with E-state index in [4.69, 9.17) is 17.0 Å². The molecule has 2 aromatic carbocycles. The lowest BCUT2D eigenvalue weighted by molar-refractivity contribution is -0.132. The largest absolute Gasteiger partial charge is 0.496 e. The second-order valence-corrected chi connectivity index (χ2v) is 8.98. The number of para-hydroxylation sites is 1. The Morgan fingerprint density at radius 1 is 1.06 bits per heavy atom. The van der Waals surface area contributed by atoms with E-state index in [0.29, 0.717) is 23.7 Å². The van der Waals surface area contributed by atoms with Gasteiger partial charge in [-0.05, 0) is 61.0 Å². The molecule has 1 saturated heterocycles. The van der Waals surface area contributed by atoms with Crippen molar-refractivity contribution in [2.24, 2.45) is 5.92 Å². The summed E-state index contributed by atoms with van der Waals surface area (Å²) in [6, 6.07) is 13.3. The average Bonchev–Trinajstić information content (AvgIpc) is 2.79. The number of hydrogen-bond donors (Lipinski definition) is 2. The van der Waals surface area contributed by atoms with Crippen LogP contribution in [0.25, 0.3) is 0 Å². The first-order chi connectivity index (χ1) is 15.8. The Bertz CT molecular complexity index is 999. The van der Waals surface area contributed by atoms with Gasteiger partial charge in [0.1, 0.15) is 5.75 Å². The van der Waals surface area contributed by atoms with Crippen LogP contribution in [0.3, 0.4) is 0 Å². The molecule has 3 rings (SSSR count). The van der Waals surface area contributed by atoms with E-state index >= 15 is 0 Å². The molecule has 1 aliphatic rings. The Labute approximate surface area is 201 Å². The number of rotatable bonds is 6. The molecule has 2 N–H and O–H groups in total. The summed E-state index contributed by atoms with van der Waals surface area (Å²) < 4.78 is 5.35. The van der Waals surface area contributed by atoms with Gasteiger partial charge in [-0.15, -0.1) is 0 Å². The summed E-state index contributed by atoms with van der Waals surface area (Å²) in [5.74, 6) is 0.830. The van der Waals surface area contributed by atoms with Crippen molar-refractivity contribution in [3.8, 4) is 5.75 Å². The Hall–Kier alpha value is -3.13. The van der Waals surface area contributed by atoms with Crippen LogP contribution in [-0.4, -0.2) is 55.1 Å². The first kappa shape index (κ1) is 24.5. The second kappa shape index (κ2) is 11.1. The molecule has 0 atom stereocenters. The second-order valence-electron chi connectivity index (χ2n) is 8.58. The number of hydrogen-bond acceptors (Lipinski definition) is 5. The number of amides is 2. The Balaban J connectivity index is 1.53. The normalized spacial score (nSPS) is 13.6. The topological polar surface area (TPSA) is 73.9 Å². The summed E-state index contributed by atoms with van der Waals surface area (Å²) in [5.41, 5.74) is 3.19. The number of benzene rings is 2. The Morgan fingerprint density at radius 2 is 1.73 bits per heavy atom. The van der Waals surface area contributed by atoms with E-state index in [9.17, 15) is 9.59 Å². The molecule has 1 aliphatic heterocycles. The van der Waals surface area contributed by atoms with Crippen LogP contribution in [0.5, 0.6) is 5.75 Å². The number of thiocarbonyl (C=S) groups is 1. The van der Waals surface area contributed by atoms with E-state index in [1.54, 1.807) is 13.2 Å². The molecule has 176 valence electrons. The number of piperazine rings is 1. The first-order valence-corrected chi connectivity index (χ1v) is 11.6. The maximum Gasteiger partial charge on any atom is 0.261 e. The van der Waals surface area contributed by atoms with Crippen LogP contribution in [0.4, 0.5) is 11.4 Å². The van der Waals surface area contributed by atoms with Crippen molar-refractivity contribution in [1.82, 2.24) is 10.2 Å². The molecular weight excluding hydrogens is 436 g/mol. The van der Waals surface area contributed by atoms with E-state index in [1.807, 2.05) is 48.2 Å². The average molecular weight is 469 g/mol. The van der Waals surface area contributed by atoms with Gasteiger partial charge in [0, 0.05) is 44.0 Å². The number of carbonyl (C=O) groups excluding carboxylic acids is 2. The van der Waals surface area contributed by atoms with Crippen LogP contribution >= 0.6 is 12.2 Å². The zero-order chi connectivity index (χ0) is 24.0. The zero-order valence-electron chi connectivity index (χ0n) is 19.7. The lowest BCUT2D eigenvalue weighted by atomic mass is 10.1. The summed E-state index contributed by atoms with van der Waals surface area (Å²) >= 11 is 5.32. The number of nitrogens with one attached hydrogen (secondary N) is 2. The minimum absolute atomic E-state index is 0.216. The zero-order valence-corrected chi connectivity index (χ0v) is 20.5. The van der Waals surface area contributed by atoms with Gasteiger partial charge in [0.05, 0.1) is 12.7 Å². The number of aryl methyl sites for hydroxylation is 1. The first-order valence-electron chi connectivity index (χ1n) is 11.2. The molecule has 2 amide bonds. The lowest BCUT2D eigenvalue weighted by Gasteiger charge is -2.36. The molecule has 8 heteroatoms. The predicted molar refractivity (Wildman–Crippen MR) is 136 cm³/mol. The third-order valence-corrected chi connectivity index (χ3v) is 5.80. The maximum absolute atomic E-state index is 12.6. The lowest BCUT2D eigenvalue weighted by Crippen LogP contribution is -2.49. The van der Waals surface area contributed by atoms with E-state index in [0.717, 1.165) is 43.1 Å². The highest BCUT2D eigenvalue weighted by molar-refractivity contribution is 7.80. The van der Waals surface area contributed by atoms with Gasteiger partial charge in [-0.2, -0.15) is 0 Å². The number of anilines is 2. The molecule has 33 heavy (non-hydrogen) atoms. The van der Waals surface area contributed by atoms with Crippen LogP contribution in [0.1, 0.15) is 36.2 Å². The van der Waals surface area contributed by atoms with Crippen molar-refractivity contribution < 1.29 is 14.3 Å². The molecule has 2 aromatic rings. The van der Waals surface area contributed by atoms with Gasteiger partial charge in [0.25, 0.3) is 5.91 Å². The molecule has 0 saturated carbocycles. The summed E-state index contributed by atoms with van der Waals surface area (Å²) in [6.07, 6.45) is 0.605. The fraction of sp³-hybridized carbons (Fsp3) is 0.400. The molecule has 1 fully saturated rings. The molecule has 0 unspecified atom stereocenters. The molecule has 0 radical (unpaired) electrons. The van der Waals surface area contributed by atoms with Crippen LogP contribution in [-0.2, 0) is 4.79 Å². The number of ether oxygens (including phenoxy) is 1. The van der Waals surface area contributed by atoms with Gasteiger partial charge >= 0.3 is 0 Å². The van der Waals surface area contributed by atoms with Crippen LogP contribution in [0, 0.1) is 12.8 Å². The number of carbonyl (C=O) groups is 2. The third-order valence-electron chi connectivity index (χ3n) is 5.59. The van der Waals surface area contributed by atoms with E-state index < -0.39 is 0 Å². The van der Waals surface area contributed by atoms with Crippen molar-refractivity contribution >= 4 is 40.5 Å². The predicted octanol–water partition coefficient (Wildman–Crippen LogP) is 3.83. The van der Waals surface area contributed by atoms with Gasteiger partial charge in [-0.3, -0.25) is 14.9 Å². The molecule has 0 bridgehead atoms. The minimum atomic E-state index is -0.324. The number of methoxy groups -OCH3 is 1. The van der Waals surface area contributed by atoms with Gasteiger partial charge in [0.15, 0.2) is 5.11 Å². The highest BCUT2D eigenvalue weighted by atomic mass is 32.1. The van der Waals surface area contributed by atoms with E-state index in [-0.39, 0.29) is 16.9 Å². The highest BCUT2D eigenvalue weighted by Crippen LogP contribution is 2.23. The Kier molecular flexibility index (Phi) is 8.27. The highest BCUT2D eigenvalue weighted by Gasteiger charge is 2.22. The molecule has 0 aliphatic carbocycles. The standard InChI is InChI=1S/C25H32N4O3S/c1-17(2)16-22(30)29-14-12-28(13-15-29)20-10-8-19(9-11-20)26-25(33)27-24(31)21-7-5-6-18(3)23(21)32-4/h5-11,17H,12-16H2,1-4H3,(H2,26,27,31,33). The summed E-state index contributed by atoms with van der Waals surface area (Å²) in [7, 11) is 1.54. The van der Waals surface area contributed by atoms with E-state index in [1.165, 1.54) is 0 Å². The van der Waals surface area contributed by atoms with Crippen molar-refractivity contribution in [1.29, 1.82) is 0 Å². The smallest absolute Gasteiger partial charge is 0.261 e. The summed E-state index contributed by atoms with van der Waals surface area (Å²) in [4.78, 5) is 29.1. The van der Waals surface area contributed by atoms with Gasteiger partial charge in [-0.25, -0.2) is 0 Å². The van der Waals surface area contributed by atoms with Crippen molar-refractivity contribution in [3.63, 3.8) is 0 Å². The fourth-order valence-electron chi connectivity index (χ4n) is 3.88. The van der Waals surface area contributed by atoms with Crippen molar-refractivity contribution in [2.75, 3.05) is 43.5 Å².